The molecule has 7 nitrogen and oxygen atoms in total. The van der Waals surface area contributed by atoms with Gasteiger partial charge in [0, 0.05) is 13.2 Å². The Balaban J connectivity index is 1.49. The zero-order valence-corrected chi connectivity index (χ0v) is 17.3. The van der Waals surface area contributed by atoms with Crippen molar-refractivity contribution in [3.8, 4) is 5.75 Å². The molecule has 1 fully saturated rings. The van der Waals surface area contributed by atoms with Crippen molar-refractivity contribution in [3.05, 3.63) is 46.6 Å². The minimum absolute atomic E-state index is 0.0664. The molecule has 1 aromatic carbocycles. The van der Waals surface area contributed by atoms with Crippen molar-refractivity contribution < 1.29 is 14.3 Å². The molecule has 4 rings (SSSR count). The summed E-state index contributed by atoms with van der Waals surface area (Å²) < 4.78 is 10.6. The second-order valence-electron chi connectivity index (χ2n) is 7.02. The summed E-state index contributed by atoms with van der Waals surface area (Å²) >= 11 is 1.40. The molecule has 0 radical (unpaired) electrons. The van der Waals surface area contributed by atoms with E-state index in [-0.39, 0.29) is 11.9 Å². The molecule has 3 heterocycles. The van der Waals surface area contributed by atoms with Gasteiger partial charge in [0.25, 0.3) is 5.91 Å². The standard InChI is InChI=1S/C21H24N4O3S/c1-13-17-19(22-8-6-14-4-3-5-16(10-14)27-2)23-12-24-21(17)29-18(13)20(26)25-15-7-9-28-11-15/h3-5,10,12,15H,6-9,11H2,1-2H3,(H,25,26)(H,22,23,24)/t15-/m1/s1. The van der Waals surface area contributed by atoms with E-state index in [1.807, 2.05) is 25.1 Å². The van der Waals surface area contributed by atoms with Crippen LogP contribution in [0, 0.1) is 6.92 Å². The lowest BCUT2D eigenvalue weighted by Crippen LogP contribution is -2.34. The molecule has 8 heteroatoms. The number of nitrogens with zero attached hydrogens (tertiary/aromatic N) is 2. The van der Waals surface area contributed by atoms with Crippen LogP contribution >= 0.6 is 11.3 Å². The molecule has 1 aliphatic heterocycles. The van der Waals surface area contributed by atoms with Crippen LogP contribution in [0.2, 0.25) is 0 Å². The van der Waals surface area contributed by atoms with Gasteiger partial charge in [-0.15, -0.1) is 11.3 Å². The van der Waals surface area contributed by atoms with Gasteiger partial charge in [-0.1, -0.05) is 12.1 Å². The first-order valence-corrected chi connectivity index (χ1v) is 10.5. The number of rotatable bonds is 7. The maximum absolute atomic E-state index is 12.7. The predicted molar refractivity (Wildman–Crippen MR) is 114 cm³/mol. The number of aryl methyl sites for hydroxylation is 1. The Labute approximate surface area is 173 Å². The van der Waals surface area contributed by atoms with E-state index < -0.39 is 0 Å². The summed E-state index contributed by atoms with van der Waals surface area (Å²) in [5.74, 6) is 1.54. The highest BCUT2D eigenvalue weighted by Crippen LogP contribution is 2.33. The average Bonchev–Trinajstić information content (AvgIpc) is 3.36. The number of nitrogens with one attached hydrogen (secondary N) is 2. The molecular weight excluding hydrogens is 388 g/mol. The van der Waals surface area contributed by atoms with Crippen LogP contribution in [0.1, 0.15) is 27.2 Å². The second-order valence-corrected chi connectivity index (χ2v) is 8.02. The van der Waals surface area contributed by atoms with Crippen molar-refractivity contribution in [1.29, 1.82) is 0 Å². The van der Waals surface area contributed by atoms with E-state index in [9.17, 15) is 4.79 Å². The first-order valence-electron chi connectivity index (χ1n) is 9.65. The third-order valence-electron chi connectivity index (χ3n) is 5.04. The molecule has 152 valence electrons. The lowest BCUT2D eigenvalue weighted by molar-refractivity contribution is 0.0933. The summed E-state index contributed by atoms with van der Waals surface area (Å²) in [6.07, 6.45) is 3.23. The molecule has 29 heavy (non-hydrogen) atoms. The number of thiophene rings is 1. The molecule has 0 unspecified atom stereocenters. The van der Waals surface area contributed by atoms with Gasteiger partial charge in [-0.3, -0.25) is 4.79 Å². The van der Waals surface area contributed by atoms with E-state index in [1.54, 1.807) is 13.4 Å². The number of carbonyl (C=O) groups is 1. The SMILES string of the molecule is COc1cccc(CCNc2ncnc3sc(C(=O)N[C@@H]4CCOC4)c(C)c23)c1. The van der Waals surface area contributed by atoms with Gasteiger partial charge in [0.1, 0.15) is 22.7 Å². The molecule has 0 saturated carbocycles. The number of carbonyl (C=O) groups excluding carboxylic acids is 1. The quantitative estimate of drug-likeness (QED) is 0.620. The molecule has 1 aliphatic rings. The highest BCUT2D eigenvalue weighted by Gasteiger charge is 2.23. The van der Waals surface area contributed by atoms with Crippen molar-refractivity contribution in [2.75, 3.05) is 32.2 Å². The molecule has 2 aromatic heterocycles. The van der Waals surface area contributed by atoms with Gasteiger partial charge in [0.2, 0.25) is 0 Å². The van der Waals surface area contributed by atoms with Gasteiger partial charge in [-0.05, 0) is 43.0 Å². The third kappa shape index (κ3) is 4.33. The summed E-state index contributed by atoms with van der Waals surface area (Å²) in [6.45, 7) is 3.95. The fraction of sp³-hybridized carbons (Fsp3) is 0.381. The lowest BCUT2D eigenvalue weighted by atomic mass is 10.1. The maximum Gasteiger partial charge on any atom is 0.262 e. The van der Waals surface area contributed by atoms with E-state index in [1.165, 1.54) is 16.9 Å². The summed E-state index contributed by atoms with van der Waals surface area (Å²) in [5.41, 5.74) is 2.09. The molecule has 2 N–H and O–H groups in total. The molecule has 1 saturated heterocycles. The zero-order valence-electron chi connectivity index (χ0n) is 16.5. The number of benzene rings is 1. The first-order chi connectivity index (χ1) is 14.2. The molecule has 1 atom stereocenters. The van der Waals surface area contributed by atoms with E-state index >= 15 is 0 Å². The Hall–Kier alpha value is -2.71. The summed E-state index contributed by atoms with van der Waals surface area (Å²) in [5, 5.41) is 7.37. The molecule has 0 spiro atoms. The van der Waals surface area contributed by atoms with Crippen LogP contribution in [0.15, 0.2) is 30.6 Å². The Kier molecular flexibility index (Phi) is 5.92. The highest BCUT2D eigenvalue weighted by molar-refractivity contribution is 7.20. The van der Waals surface area contributed by atoms with Crippen LogP contribution in [0.3, 0.4) is 0 Å². The van der Waals surface area contributed by atoms with Crippen LogP contribution in [-0.2, 0) is 11.2 Å². The largest absolute Gasteiger partial charge is 0.497 e. The monoisotopic (exact) mass is 412 g/mol. The highest BCUT2D eigenvalue weighted by atomic mass is 32.1. The van der Waals surface area contributed by atoms with E-state index in [4.69, 9.17) is 9.47 Å². The van der Waals surface area contributed by atoms with Crippen LogP contribution < -0.4 is 15.4 Å². The second kappa shape index (κ2) is 8.75. The van der Waals surface area contributed by atoms with Crippen molar-refractivity contribution in [1.82, 2.24) is 15.3 Å². The average molecular weight is 413 g/mol. The Morgan fingerprint density at radius 3 is 3.07 bits per heavy atom. The zero-order chi connectivity index (χ0) is 20.2. The van der Waals surface area contributed by atoms with Crippen molar-refractivity contribution in [2.24, 2.45) is 0 Å². The normalized spacial score (nSPS) is 16.1. The number of hydrogen-bond donors (Lipinski definition) is 2. The maximum atomic E-state index is 12.7. The minimum atomic E-state index is -0.0664. The molecule has 0 bridgehead atoms. The smallest absolute Gasteiger partial charge is 0.262 e. The van der Waals surface area contributed by atoms with Gasteiger partial charge < -0.3 is 20.1 Å². The number of aromatic nitrogens is 2. The summed E-state index contributed by atoms with van der Waals surface area (Å²) in [6, 6.07) is 8.11. The van der Waals surface area contributed by atoms with Gasteiger partial charge in [-0.2, -0.15) is 0 Å². The Bertz CT molecular complexity index is 1010. The van der Waals surface area contributed by atoms with E-state index in [0.717, 1.165) is 46.7 Å². The fourth-order valence-electron chi connectivity index (χ4n) is 3.47. The summed E-state index contributed by atoms with van der Waals surface area (Å²) in [7, 11) is 1.67. The molecule has 3 aromatic rings. The molecule has 1 amide bonds. The Morgan fingerprint density at radius 1 is 1.38 bits per heavy atom. The molecular formula is C21H24N4O3S. The van der Waals surface area contributed by atoms with Gasteiger partial charge in [-0.25, -0.2) is 9.97 Å². The first kappa shape index (κ1) is 19.6. The van der Waals surface area contributed by atoms with Crippen molar-refractivity contribution >= 4 is 33.3 Å². The predicted octanol–water partition coefficient (Wildman–Crippen LogP) is 3.18. The Morgan fingerprint density at radius 2 is 2.28 bits per heavy atom. The van der Waals surface area contributed by atoms with Crippen LogP contribution in [-0.4, -0.2) is 48.8 Å². The van der Waals surface area contributed by atoms with Crippen LogP contribution in [0.25, 0.3) is 10.2 Å². The van der Waals surface area contributed by atoms with Gasteiger partial charge in [0.15, 0.2) is 0 Å². The number of anilines is 1. The van der Waals surface area contributed by atoms with E-state index in [0.29, 0.717) is 18.1 Å². The lowest BCUT2D eigenvalue weighted by Gasteiger charge is -2.10. The van der Waals surface area contributed by atoms with Crippen molar-refractivity contribution in [2.45, 2.75) is 25.8 Å². The van der Waals surface area contributed by atoms with Crippen LogP contribution in [0.5, 0.6) is 5.75 Å². The topological polar surface area (TPSA) is 85.4 Å². The van der Waals surface area contributed by atoms with Crippen molar-refractivity contribution in [3.63, 3.8) is 0 Å². The molecule has 0 aliphatic carbocycles. The number of amides is 1. The number of hydrogen-bond acceptors (Lipinski definition) is 7. The summed E-state index contributed by atoms with van der Waals surface area (Å²) in [4.78, 5) is 23.0. The van der Waals surface area contributed by atoms with Gasteiger partial charge >= 0.3 is 0 Å². The van der Waals surface area contributed by atoms with E-state index in [2.05, 4.69) is 26.7 Å². The number of ether oxygens (including phenoxy) is 2. The van der Waals surface area contributed by atoms with Gasteiger partial charge in [0.05, 0.1) is 30.0 Å². The number of methoxy groups -OCH3 is 1. The number of fused-ring (bicyclic) bond motifs is 1. The van der Waals surface area contributed by atoms with Crippen LogP contribution in [0.4, 0.5) is 5.82 Å². The minimum Gasteiger partial charge on any atom is -0.497 e. The fourth-order valence-corrected chi connectivity index (χ4v) is 4.53. The third-order valence-corrected chi connectivity index (χ3v) is 6.24.